The Labute approximate surface area is 176 Å². The van der Waals surface area contributed by atoms with Crippen LogP contribution in [0.4, 0.5) is 0 Å². The van der Waals surface area contributed by atoms with E-state index >= 15 is 0 Å². The Hall–Kier alpha value is -0.640. The number of thioether (sulfide) groups is 1. The Morgan fingerprint density at radius 1 is 1.14 bits per heavy atom. The van der Waals surface area contributed by atoms with Crippen molar-refractivity contribution >= 4 is 22.2 Å². The number of nitrogens with zero attached hydrogens (tertiary/aromatic N) is 1. The van der Waals surface area contributed by atoms with Crippen molar-refractivity contribution in [3.8, 4) is 0 Å². The van der Waals surface area contributed by atoms with Gasteiger partial charge in [-0.15, -0.1) is 11.8 Å². The number of ether oxygens (including phenoxy) is 1. The Kier molecular flexibility index (Phi) is 14.9. The third-order valence-corrected chi connectivity index (χ3v) is 6.40. The number of hydrogen-bond donors (Lipinski definition) is 0. The molecule has 0 amide bonds. The van der Waals surface area contributed by atoms with E-state index < -0.39 is 10.4 Å². The summed E-state index contributed by atoms with van der Waals surface area (Å²) < 4.78 is 38.1. The molecule has 0 saturated heterocycles. The number of rotatable bonds is 13. The second-order valence-electron chi connectivity index (χ2n) is 6.75. The van der Waals surface area contributed by atoms with E-state index in [2.05, 4.69) is 62.3 Å². The average Bonchev–Trinajstić information content (AvgIpc) is 2.70. The van der Waals surface area contributed by atoms with Gasteiger partial charge in [-0.3, -0.25) is 4.18 Å². The molecule has 1 aromatic rings. The maximum absolute atomic E-state index is 9.22. The van der Waals surface area contributed by atoms with Gasteiger partial charge in [0.1, 0.15) is 0 Å². The van der Waals surface area contributed by atoms with Crippen LogP contribution in [0.25, 0.3) is 0 Å². The summed E-state index contributed by atoms with van der Waals surface area (Å²) in [7, 11) is -1.25. The minimum atomic E-state index is -4.41. The highest BCUT2D eigenvalue weighted by Gasteiger charge is 2.18. The van der Waals surface area contributed by atoms with Crippen LogP contribution >= 0.6 is 11.8 Å². The molecule has 164 valence electrons. The van der Waals surface area contributed by atoms with E-state index in [0.29, 0.717) is 5.25 Å². The first-order chi connectivity index (χ1) is 13.2. The molecule has 0 saturated carbocycles. The summed E-state index contributed by atoms with van der Waals surface area (Å²) in [6, 6.07) is 10.8. The Morgan fingerprint density at radius 2 is 1.71 bits per heavy atom. The minimum absolute atomic E-state index is 0.459. The monoisotopic (exact) mass is 435 g/mol. The molecule has 1 rings (SSSR count). The second kappa shape index (κ2) is 15.2. The van der Waals surface area contributed by atoms with Crippen molar-refractivity contribution in [3.05, 3.63) is 35.9 Å². The molecule has 0 aliphatic rings. The summed E-state index contributed by atoms with van der Waals surface area (Å²) in [5, 5.41) is 0.459. The quantitative estimate of drug-likeness (QED) is 0.203. The highest BCUT2D eigenvalue weighted by atomic mass is 32.3. The molecular formula is C20H37NO5S2. The van der Waals surface area contributed by atoms with E-state index in [1.165, 1.54) is 37.4 Å². The van der Waals surface area contributed by atoms with Gasteiger partial charge >= 0.3 is 0 Å². The number of benzene rings is 1. The Morgan fingerprint density at radius 3 is 2.18 bits per heavy atom. The average molecular weight is 436 g/mol. The van der Waals surface area contributed by atoms with E-state index in [-0.39, 0.29) is 0 Å². The predicted molar refractivity (Wildman–Crippen MR) is 116 cm³/mol. The van der Waals surface area contributed by atoms with Crippen LogP contribution < -0.4 is 0 Å². The van der Waals surface area contributed by atoms with Gasteiger partial charge in [0.05, 0.1) is 45.6 Å². The van der Waals surface area contributed by atoms with Crippen LogP contribution in [-0.4, -0.2) is 70.2 Å². The highest BCUT2D eigenvalue weighted by molar-refractivity contribution is 7.99. The summed E-state index contributed by atoms with van der Waals surface area (Å²) in [4.78, 5) is 0. The van der Waals surface area contributed by atoms with Gasteiger partial charge in [-0.25, -0.2) is 8.42 Å². The fourth-order valence-electron chi connectivity index (χ4n) is 2.30. The second-order valence-corrected chi connectivity index (χ2v) is 9.21. The first kappa shape index (κ1) is 27.4. The topological polar surface area (TPSA) is 75.7 Å². The maximum atomic E-state index is 9.22. The van der Waals surface area contributed by atoms with Crippen molar-refractivity contribution in [1.82, 2.24) is 0 Å². The van der Waals surface area contributed by atoms with Crippen molar-refractivity contribution in [2.24, 2.45) is 0 Å². The standard InChI is InChI=1S/C19H34NOS.CH4O4S/c1-5-8-15-21-17-19(18-12-10-9-11-13-18)22-16-14-20(4,6-2)7-3;1-5-6(2,3)4/h9-13,19H,5-8,14-17H2,1-4H3;1H3,(H,2,3,4)/q+1;/p-1. The van der Waals surface area contributed by atoms with Crippen molar-refractivity contribution < 1.29 is 26.4 Å². The molecule has 1 aromatic carbocycles. The largest absolute Gasteiger partial charge is 0.726 e. The van der Waals surface area contributed by atoms with Crippen LogP contribution in [-0.2, 0) is 19.3 Å². The molecule has 6 nitrogen and oxygen atoms in total. The van der Waals surface area contributed by atoms with Crippen LogP contribution in [0.3, 0.4) is 0 Å². The zero-order valence-electron chi connectivity index (χ0n) is 17.9. The molecule has 0 radical (unpaired) electrons. The molecule has 0 bridgehead atoms. The smallest absolute Gasteiger partial charge is 0.217 e. The van der Waals surface area contributed by atoms with Gasteiger partial charge in [0.25, 0.3) is 0 Å². The fourth-order valence-corrected chi connectivity index (χ4v) is 3.67. The highest BCUT2D eigenvalue weighted by Crippen LogP contribution is 2.29. The van der Waals surface area contributed by atoms with E-state index in [0.717, 1.165) is 31.2 Å². The van der Waals surface area contributed by atoms with Gasteiger partial charge in [0.15, 0.2) is 0 Å². The Bertz CT molecular complexity index is 592. The maximum Gasteiger partial charge on any atom is 0.217 e. The van der Waals surface area contributed by atoms with Gasteiger partial charge in [-0.2, -0.15) is 0 Å². The zero-order chi connectivity index (χ0) is 21.5. The molecule has 0 N–H and O–H groups in total. The van der Waals surface area contributed by atoms with Crippen molar-refractivity contribution in [2.75, 3.05) is 52.8 Å². The van der Waals surface area contributed by atoms with Gasteiger partial charge in [-0.1, -0.05) is 43.7 Å². The third-order valence-electron chi connectivity index (χ3n) is 4.76. The molecule has 0 aliphatic heterocycles. The van der Waals surface area contributed by atoms with Gasteiger partial charge in [0.2, 0.25) is 10.4 Å². The number of unbranched alkanes of at least 4 members (excludes halogenated alkanes) is 1. The summed E-state index contributed by atoms with van der Waals surface area (Å²) in [5.74, 6) is 1.19. The van der Waals surface area contributed by atoms with E-state index in [9.17, 15) is 13.0 Å². The van der Waals surface area contributed by atoms with Crippen molar-refractivity contribution in [1.29, 1.82) is 0 Å². The van der Waals surface area contributed by atoms with Gasteiger partial charge in [0, 0.05) is 12.4 Å². The normalized spacial score (nSPS) is 12.9. The van der Waals surface area contributed by atoms with Crippen LogP contribution in [0.1, 0.15) is 44.4 Å². The lowest BCUT2D eigenvalue weighted by Gasteiger charge is -2.32. The number of hydrogen-bond acceptors (Lipinski definition) is 6. The van der Waals surface area contributed by atoms with E-state index in [1.807, 2.05) is 11.8 Å². The fraction of sp³-hybridized carbons (Fsp3) is 0.700. The lowest BCUT2D eigenvalue weighted by Crippen LogP contribution is -2.45. The molecule has 0 spiro atoms. The van der Waals surface area contributed by atoms with Crippen LogP contribution in [0.2, 0.25) is 0 Å². The molecule has 0 aliphatic carbocycles. The van der Waals surface area contributed by atoms with Crippen LogP contribution in [0, 0.1) is 0 Å². The predicted octanol–water partition coefficient (Wildman–Crippen LogP) is 3.86. The molecule has 8 heteroatoms. The van der Waals surface area contributed by atoms with Gasteiger partial charge in [-0.05, 0) is 25.8 Å². The molecule has 1 atom stereocenters. The molecule has 0 aromatic heterocycles. The van der Waals surface area contributed by atoms with Gasteiger partial charge < -0.3 is 13.8 Å². The summed E-state index contributed by atoms with van der Waals surface area (Å²) in [6.07, 6.45) is 2.36. The van der Waals surface area contributed by atoms with Crippen molar-refractivity contribution in [2.45, 2.75) is 38.9 Å². The summed E-state index contributed by atoms with van der Waals surface area (Å²) >= 11 is 2.05. The lowest BCUT2D eigenvalue weighted by molar-refractivity contribution is -0.903. The molecule has 0 heterocycles. The first-order valence-electron chi connectivity index (χ1n) is 9.80. The molecule has 0 fully saturated rings. The van der Waals surface area contributed by atoms with E-state index in [1.54, 1.807) is 0 Å². The Balaban J connectivity index is 0.00000105. The van der Waals surface area contributed by atoms with Crippen LogP contribution in [0.15, 0.2) is 30.3 Å². The number of quaternary nitrogens is 1. The van der Waals surface area contributed by atoms with E-state index in [4.69, 9.17) is 4.74 Å². The minimum Gasteiger partial charge on any atom is -0.726 e. The first-order valence-corrected chi connectivity index (χ1v) is 12.2. The lowest BCUT2D eigenvalue weighted by atomic mass is 10.1. The third kappa shape index (κ3) is 13.5. The summed E-state index contributed by atoms with van der Waals surface area (Å²) in [5.41, 5.74) is 1.39. The molecule has 1 unspecified atom stereocenters. The SMILES string of the molecule is CCCCOCC(SCC[N+](C)(CC)CC)c1ccccc1.COS(=O)(=O)[O-]. The summed E-state index contributed by atoms with van der Waals surface area (Å²) in [6.45, 7) is 12.2. The van der Waals surface area contributed by atoms with Crippen LogP contribution in [0.5, 0.6) is 0 Å². The van der Waals surface area contributed by atoms with Crippen molar-refractivity contribution in [3.63, 3.8) is 0 Å². The molecular weight excluding hydrogens is 398 g/mol. The zero-order valence-corrected chi connectivity index (χ0v) is 19.6. The molecule has 28 heavy (non-hydrogen) atoms.